The van der Waals surface area contributed by atoms with Gasteiger partial charge in [0, 0.05) is 6.07 Å². The number of hydrogen-bond donors (Lipinski definition) is 1. The van der Waals surface area contributed by atoms with E-state index in [2.05, 4.69) is 0 Å². The standard InChI is InChI=1S/C8H9NO3/c1-5-3-7(9(11)12)8(10)4-6(5)2/h3-4,10H,1-2H3. The molecular weight excluding hydrogens is 158 g/mol. The Bertz CT molecular complexity index is 333. The summed E-state index contributed by atoms with van der Waals surface area (Å²) in [5, 5.41) is 19.5. The van der Waals surface area contributed by atoms with Crippen molar-refractivity contribution in [3.8, 4) is 5.75 Å². The lowest BCUT2D eigenvalue weighted by Gasteiger charge is -2.00. The average Bonchev–Trinajstić information content (AvgIpc) is 1.96. The smallest absolute Gasteiger partial charge is 0.310 e. The first-order chi connectivity index (χ1) is 5.52. The second-order valence-corrected chi connectivity index (χ2v) is 2.68. The van der Waals surface area contributed by atoms with Gasteiger partial charge < -0.3 is 5.11 Å². The van der Waals surface area contributed by atoms with E-state index in [4.69, 9.17) is 5.11 Å². The van der Waals surface area contributed by atoms with Gasteiger partial charge in [-0.2, -0.15) is 0 Å². The molecule has 1 rings (SSSR count). The van der Waals surface area contributed by atoms with Crippen molar-refractivity contribution in [1.29, 1.82) is 0 Å². The maximum Gasteiger partial charge on any atom is 0.310 e. The molecule has 1 aromatic carbocycles. The zero-order chi connectivity index (χ0) is 9.30. The zero-order valence-corrected chi connectivity index (χ0v) is 6.87. The molecular formula is C8H9NO3. The molecule has 0 aromatic heterocycles. The van der Waals surface area contributed by atoms with Crippen molar-refractivity contribution in [2.75, 3.05) is 0 Å². The van der Waals surface area contributed by atoms with Gasteiger partial charge in [-0.05, 0) is 31.0 Å². The molecule has 4 heteroatoms. The molecule has 4 nitrogen and oxygen atoms in total. The minimum Gasteiger partial charge on any atom is -0.502 e. The molecule has 0 amide bonds. The molecule has 1 aromatic rings. The summed E-state index contributed by atoms with van der Waals surface area (Å²) >= 11 is 0. The van der Waals surface area contributed by atoms with Crippen molar-refractivity contribution < 1.29 is 10.0 Å². The minimum atomic E-state index is -0.595. The van der Waals surface area contributed by atoms with Gasteiger partial charge in [-0.3, -0.25) is 10.1 Å². The molecule has 0 bridgehead atoms. The van der Waals surface area contributed by atoms with Crippen LogP contribution in [0, 0.1) is 24.0 Å². The van der Waals surface area contributed by atoms with E-state index >= 15 is 0 Å². The summed E-state index contributed by atoms with van der Waals surface area (Å²) in [6, 6.07) is 2.76. The summed E-state index contributed by atoms with van der Waals surface area (Å²) in [5.41, 5.74) is 1.41. The molecule has 0 atom stereocenters. The third-order valence-electron chi connectivity index (χ3n) is 1.79. The van der Waals surface area contributed by atoms with Crippen molar-refractivity contribution >= 4 is 5.69 Å². The van der Waals surface area contributed by atoms with Crippen LogP contribution in [0.2, 0.25) is 0 Å². The molecule has 0 aliphatic heterocycles. The first kappa shape index (κ1) is 8.52. The Morgan fingerprint density at radius 3 is 2.33 bits per heavy atom. The van der Waals surface area contributed by atoms with Gasteiger partial charge in [-0.1, -0.05) is 0 Å². The predicted molar refractivity (Wildman–Crippen MR) is 44.2 cm³/mol. The Morgan fingerprint density at radius 1 is 1.33 bits per heavy atom. The molecule has 0 saturated carbocycles. The monoisotopic (exact) mass is 167 g/mol. The van der Waals surface area contributed by atoms with Crippen LogP contribution in [0.25, 0.3) is 0 Å². The molecule has 0 unspecified atom stereocenters. The van der Waals surface area contributed by atoms with Crippen LogP contribution in [0.15, 0.2) is 12.1 Å². The van der Waals surface area contributed by atoms with Crippen molar-refractivity contribution in [2.45, 2.75) is 13.8 Å². The van der Waals surface area contributed by atoms with Gasteiger partial charge in [0.2, 0.25) is 0 Å². The number of nitro benzene ring substituents is 1. The number of nitro groups is 1. The number of nitrogens with zero attached hydrogens (tertiary/aromatic N) is 1. The fourth-order valence-corrected chi connectivity index (χ4v) is 0.932. The third-order valence-corrected chi connectivity index (χ3v) is 1.79. The highest BCUT2D eigenvalue weighted by molar-refractivity contribution is 5.50. The quantitative estimate of drug-likeness (QED) is 0.513. The summed E-state index contributed by atoms with van der Waals surface area (Å²) in [6.07, 6.45) is 0. The first-order valence-corrected chi connectivity index (χ1v) is 3.47. The minimum absolute atomic E-state index is 0.238. The molecule has 0 aliphatic carbocycles. The number of phenols is 1. The van der Waals surface area contributed by atoms with Crippen molar-refractivity contribution in [1.82, 2.24) is 0 Å². The van der Waals surface area contributed by atoms with Crippen molar-refractivity contribution in [3.05, 3.63) is 33.4 Å². The van der Waals surface area contributed by atoms with Gasteiger partial charge in [-0.25, -0.2) is 0 Å². The lowest BCUT2D eigenvalue weighted by atomic mass is 10.1. The van der Waals surface area contributed by atoms with Gasteiger partial charge in [0.05, 0.1) is 4.92 Å². The maximum atomic E-state index is 10.3. The Kier molecular flexibility index (Phi) is 1.99. The van der Waals surface area contributed by atoms with Crippen LogP contribution >= 0.6 is 0 Å². The van der Waals surface area contributed by atoms with Crippen LogP contribution in [-0.4, -0.2) is 10.0 Å². The molecule has 0 fully saturated rings. The molecule has 0 heterocycles. The van der Waals surface area contributed by atoms with E-state index in [-0.39, 0.29) is 11.4 Å². The Balaban J connectivity index is 3.33. The van der Waals surface area contributed by atoms with Crippen LogP contribution in [-0.2, 0) is 0 Å². The second kappa shape index (κ2) is 2.81. The summed E-state index contributed by atoms with van der Waals surface area (Å²) < 4.78 is 0. The van der Waals surface area contributed by atoms with Crippen molar-refractivity contribution in [3.63, 3.8) is 0 Å². The topological polar surface area (TPSA) is 63.4 Å². The highest BCUT2D eigenvalue weighted by Gasteiger charge is 2.13. The maximum absolute atomic E-state index is 10.3. The summed E-state index contributed by atoms with van der Waals surface area (Å²) in [6.45, 7) is 3.56. The molecule has 1 N–H and O–H groups in total. The van der Waals surface area contributed by atoms with E-state index in [1.807, 2.05) is 0 Å². The van der Waals surface area contributed by atoms with E-state index < -0.39 is 4.92 Å². The van der Waals surface area contributed by atoms with Gasteiger partial charge in [0.1, 0.15) is 0 Å². The third kappa shape index (κ3) is 1.37. The Morgan fingerprint density at radius 2 is 1.83 bits per heavy atom. The van der Waals surface area contributed by atoms with E-state index in [1.54, 1.807) is 13.8 Å². The number of rotatable bonds is 1. The highest BCUT2D eigenvalue weighted by atomic mass is 16.6. The number of aryl methyl sites for hydroxylation is 2. The number of hydrogen-bond acceptors (Lipinski definition) is 3. The number of aromatic hydroxyl groups is 1. The van der Waals surface area contributed by atoms with Gasteiger partial charge in [0.15, 0.2) is 5.75 Å². The first-order valence-electron chi connectivity index (χ1n) is 3.47. The lowest BCUT2D eigenvalue weighted by Crippen LogP contribution is -1.90. The van der Waals surface area contributed by atoms with Crippen LogP contribution < -0.4 is 0 Å². The van der Waals surface area contributed by atoms with Crippen molar-refractivity contribution in [2.24, 2.45) is 0 Å². The van der Waals surface area contributed by atoms with Crippen LogP contribution in [0.4, 0.5) is 5.69 Å². The molecule has 0 aliphatic rings. The molecule has 0 radical (unpaired) electrons. The SMILES string of the molecule is Cc1cc(O)c([N+](=O)[O-])cc1C. The summed E-state index contributed by atoms with van der Waals surface area (Å²) in [5.74, 6) is -0.275. The van der Waals surface area contributed by atoms with Crippen LogP contribution in [0.5, 0.6) is 5.75 Å². The highest BCUT2D eigenvalue weighted by Crippen LogP contribution is 2.28. The molecule has 12 heavy (non-hydrogen) atoms. The summed E-state index contributed by atoms with van der Waals surface area (Å²) in [7, 11) is 0. The molecule has 0 saturated heterocycles. The van der Waals surface area contributed by atoms with E-state index in [9.17, 15) is 10.1 Å². The van der Waals surface area contributed by atoms with E-state index in [0.717, 1.165) is 11.1 Å². The number of benzene rings is 1. The fourth-order valence-electron chi connectivity index (χ4n) is 0.932. The lowest BCUT2D eigenvalue weighted by molar-refractivity contribution is -0.385. The number of phenolic OH excluding ortho intramolecular Hbond substituents is 1. The fraction of sp³-hybridized carbons (Fsp3) is 0.250. The van der Waals surface area contributed by atoms with Gasteiger partial charge in [0.25, 0.3) is 0 Å². The Labute approximate surface area is 69.6 Å². The van der Waals surface area contributed by atoms with E-state index in [0.29, 0.717) is 0 Å². The van der Waals surface area contributed by atoms with Crippen LogP contribution in [0.3, 0.4) is 0 Å². The zero-order valence-electron chi connectivity index (χ0n) is 6.87. The average molecular weight is 167 g/mol. The predicted octanol–water partition coefficient (Wildman–Crippen LogP) is 1.92. The summed E-state index contributed by atoms with van der Waals surface area (Å²) in [4.78, 5) is 9.74. The second-order valence-electron chi connectivity index (χ2n) is 2.68. The van der Waals surface area contributed by atoms with Gasteiger partial charge >= 0.3 is 5.69 Å². The van der Waals surface area contributed by atoms with Crippen LogP contribution in [0.1, 0.15) is 11.1 Å². The van der Waals surface area contributed by atoms with E-state index in [1.165, 1.54) is 12.1 Å². The van der Waals surface area contributed by atoms with Gasteiger partial charge in [-0.15, -0.1) is 0 Å². The largest absolute Gasteiger partial charge is 0.502 e. The Hall–Kier alpha value is -1.58. The normalized spacial score (nSPS) is 9.83. The molecule has 64 valence electrons. The molecule has 0 spiro atoms.